The van der Waals surface area contributed by atoms with Gasteiger partial charge in [0.05, 0.1) is 11.4 Å². The van der Waals surface area contributed by atoms with E-state index in [0.717, 1.165) is 16.1 Å². The van der Waals surface area contributed by atoms with Crippen LogP contribution in [0, 0.1) is 0 Å². The van der Waals surface area contributed by atoms with Crippen molar-refractivity contribution >= 4 is 23.4 Å². The molecule has 0 bridgehead atoms. The first-order chi connectivity index (χ1) is 8.63. The lowest BCUT2D eigenvalue weighted by atomic mass is 10.1. The highest BCUT2D eigenvalue weighted by atomic mass is 32.2. The minimum Gasteiger partial charge on any atom is -0.396 e. The topological polar surface area (TPSA) is 66.6 Å². The van der Waals surface area contributed by atoms with Crippen molar-refractivity contribution in [1.29, 1.82) is 0 Å². The number of benzene rings is 1. The van der Waals surface area contributed by atoms with Crippen molar-refractivity contribution in [2.45, 2.75) is 24.3 Å². The molecule has 1 heterocycles. The fraction of sp³-hybridized carbons (Fsp3) is 0.462. The van der Waals surface area contributed by atoms with Crippen molar-refractivity contribution in [2.24, 2.45) is 5.73 Å². The van der Waals surface area contributed by atoms with Crippen LogP contribution in [0.15, 0.2) is 23.1 Å². The molecule has 1 aromatic rings. The van der Waals surface area contributed by atoms with E-state index >= 15 is 0 Å². The van der Waals surface area contributed by atoms with Gasteiger partial charge in [-0.1, -0.05) is 6.07 Å². The fourth-order valence-corrected chi connectivity index (χ4v) is 2.96. The van der Waals surface area contributed by atoms with Crippen molar-refractivity contribution in [3.63, 3.8) is 0 Å². The van der Waals surface area contributed by atoms with E-state index in [-0.39, 0.29) is 18.6 Å². The summed E-state index contributed by atoms with van der Waals surface area (Å²) in [6.45, 7) is 2.62. The molecule has 5 heteroatoms. The number of hydrogen-bond donors (Lipinski definition) is 2. The van der Waals surface area contributed by atoms with Gasteiger partial charge in [0.25, 0.3) is 0 Å². The van der Waals surface area contributed by atoms with Crippen LogP contribution in [0.1, 0.15) is 24.9 Å². The zero-order chi connectivity index (χ0) is 13.1. The normalized spacial score (nSPS) is 16.6. The Morgan fingerprint density at radius 1 is 1.56 bits per heavy atom. The second kappa shape index (κ2) is 5.73. The predicted molar refractivity (Wildman–Crippen MR) is 73.8 cm³/mol. The van der Waals surface area contributed by atoms with Gasteiger partial charge in [0, 0.05) is 24.1 Å². The van der Waals surface area contributed by atoms with Gasteiger partial charge in [0.1, 0.15) is 0 Å². The van der Waals surface area contributed by atoms with Crippen LogP contribution in [0.4, 0.5) is 5.69 Å². The molecule has 1 aliphatic heterocycles. The fourth-order valence-electron chi connectivity index (χ4n) is 1.98. The number of nitrogens with zero attached hydrogens (tertiary/aromatic N) is 1. The number of carbonyl (C=O) groups excluding carboxylic acids is 1. The molecule has 1 atom stereocenters. The maximum absolute atomic E-state index is 11.9. The number of hydrogen-bond acceptors (Lipinski definition) is 4. The molecule has 0 saturated carbocycles. The van der Waals surface area contributed by atoms with Crippen LogP contribution in [0.5, 0.6) is 0 Å². The average Bonchev–Trinajstić information content (AvgIpc) is 2.37. The van der Waals surface area contributed by atoms with Crippen molar-refractivity contribution < 1.29 is 9.90 Å². The quantitative estimate of drug-likeness (QED) is 0.867. The van der Waals surface area contributed by atoms with Gasteiger partial charge >= 0.3 is 0 Å². The Labute approximate surface area is 111 Å². The van der Waals surface area contributed by atoms with E-state index in [9.17, 15) is 4.79 Å². The molecule has 1 unspecified atom stereocenters. The Bertz CT molecular complexity index is 449. The molecule has 1 aliphatic rings. The van der Waals surface area contributed by atoms with Gasteiger partial charge in [-0.05, 0) is 31.0 Å². The minimum atomic E-state index is -0.000537. The van der Waals surface area contributed by atoms with E-state index in [2.05, 4.69) is 6.07 Å². The SMILES string of the molecule is CC(N)c1ccc2c(c1)SCC(=O)N2CCCO. The maximum atomic E-state index is 11.9. The molecule has 0 aliphatic carbocycles. The lowest BCUT2D eigenvalue weighted by Crippen LogP contribution is -2.36. The number of thioether (sulfide) groups is 1. The summed E-state index contributed by atoms with van der Waals surface area (Å²) in [5.41, 5.74) is 7.89. The summed E-state index contributed by atoms with van der Waals surface area (Å²) >= 11 is 1.56. The standard InChI is InChI=1S/C13H18N2O2S/c1-9(14)10-3-4-11-12(7-10)18-8-13(17)15(11)5-2-6-16/h3-4,7,9,16H,2,5-6,8,14H2,1H3. The zero-order valence-corrected chi connectivity index (χ0v) is 11.2. The van der Waals surface area contributed by atoms with Gasteiger partial charge in [-0.15, -0.1) is 11.8 Å². The first-order valence-corrected chi connectivity index (χ1v) is 7.05. The van der Waals surface area contributed by atoms with Gasteiger partial charge in [0.15, 0.2) is 0 Å². The molecule has 0 saturated heterocycles. The third kappa shape index (κ3) is 2.68. The Kier molecular flexibility index (Phi) is 4.27. The molecule has 98 valence electrons. The monoisotopic (exact) mass is 266 g/mol. The molecule has 0 radical (unpaired) electrons. The summed E-state index contributed by atoms with van der Waals surface area (Å²) in [4.78, 5) is 14.7. The first-order valence-electron chi connectivity index (χ1n) is 6.07. The number of amides is 1. The van der Waals surface area contributed by atoms with E-state index in [4.69, 9.17) is 10.8 Å². The number of anilines is 1. The highest BCUT2D eigenvalue weighted by Crippen LogP contribution is 2.36. The molecule has 1 amide bonds. The molecule has 0 fully saturated rings. The highest BCUT2D eigenvalue weighted by molar-refractivity contribution is 8.00. The molecule has 0 spiro atoms. The largest absolute Gasteiger partial charge is 0.396 e. The average molecular weight is 266 g/mol. The van der Waals surface area contributed by atoms with Crippen molar-refractivity contribution in [3.05, 3.63) is 23.8 Å². The molecule has 0 aromatic heterocycles. The van der Waals surface area contributed by atoms with Crippen molar-refractivity contribution in [2.75, 3.05) is 23.8 Å². The third-order valence-electron chi connectivity index (χ3n) is 2.99. The van der Waals surface area contributed by atoms with Crippen molar-refractivity contribution in [1.82, 2.24) is 0 Å². The maximum Gasteiger partial charge on any atom is 0.237 e. The lowest BCUT2D eigenvalue weighted by Gasteiger charge is -2.29. The van der Waals surface area contributed by atoms with Crippen LogP contribution in [-0.2, 0) is 4.79 Å². The Hall–Kier alpha value is -1.04. The van der Waals surface area contributed by atoms with Gasteiger partial charge in [0.2, 0.25) is 5.91 Å². The Balaban J connectivity index is 2.29. The molecule has 4 nitrogen and oxygen atoms in total. The van der Waals surface area contributed by atoms with Gasteiger partial charge in [-0.2, -0.15) is 0 Å². The minimum absolute atomic E-state index is 0.000537. The lowest BCUT2D eigenvalue weighted by molar-refractivity contribution is -0.116. The van der Waals surface area contributed by atoms with Crippen LogP contribution in [0.2, 0.25) is 0 Å². The number of aliphatic hydroxyl groups excluding tert-OH is 1. The third-order valence-corrected chi connectivity index (χ3v) is 4.02. The number of nitrogens with two attached hydrogens (primary N) is 1. The zero-order valence-electron chi connectivity index (χ0n) is 10.4. The predicted octanol–water partition coefficient (Wildman–Crippen LogP) is 1.53. The smallest absolute Gasteiger partial charge is 0.237 e. The van der Waals surface area contributed by atoms with Crippen LogP contribution < -0.4 is 10.6 Å². The van der Waals surface area contributed by atoms with E-state index in [1.807, 2.05) is 19.1 Å². The Morgan fingerprint density at radius 3 is 3.00 bits per heavy atom. The molecule has 2 rings (SSSR count). The van der Waals surface area contributed by atoms with E-state index in [1.54, 1.807) is 16.7 Å². The molecular weight excluding hydrogens is 248 g/mol. The molecule has 3 N–H and O–H groups in total. The second-order valence-corrected chi connectivity index (χ2v) is 5.44. The van der Waals surface area contributed by atoms with Gasteiger partial charge in [-0.25, -0.2) is 0 Å². The van der Waals surface area contributed by atoms with Crippen molar-refractivity contribution in [3.8, 4) is 0 Å². The van der Waals surface area contributed by atoms with Crippen LogP contribution in [0.25, 0.3) is 0 Å². The summed E-state index contributed by atoms with van der Waals surface area (Å²) in [5.74, 6) is 0.565. The molecule has 1 aromatic carbocycles. The van der Waals surface area contributed by atoms with Gasteiger partial charge < -0.3 is 15.7 Å². The van der Waals surface area contributed by atoms with E-state index in [1.165, 1.54) is 0 Å². The van der Waals surface area contributed by atoms with E-state index < -0.39 is 0 Å². The number of carbonyl (C=O) groups is 1. The van der Waals surface area contributed by atoms with Gasteiger partial charge in [-0.3, -0.25) is 4.79 Å². The summed E-state index contributed by atoms with van der Waals surface area (Å²) in [6, 6.07) is 5.98. The Morgan fingerprint density at radius 2 is 2.33 bits per heavy atom. The first kappa shape index (κ1) is 13.4. The number of aliphatic hydroxyl groups is 1. The summed E-state index contributed by atoms with van der Waals surface area (Å²) in [7, 11) is 0. The number of rotatable bonds is 4. The highest BCUT2D eigenvalue weighted by Gasteiger charge is 2.24. The second-order valence-electron chi connectivity index (χ2n) is 4.43. The molecular formula is C13H18N2O2S. The van der Waals surface area contributed by atoms with Crippen LogP contribution in [0.3, 0.4) is 0 Å². The number of fused-ring (bicyclic) bond motifs is 1. The van der Waals surface area contributed by atoms with Crippen LogP contribution >= 0.6 is 11.8 Å². The van der Waals surface area contributed by atoms with Crippen LogP contribution in [-0.4, -0.2) is 29.9 Å². The summed E-state index contributed by atoms with van der Waals surface area (Å²) < 4.78 is 0. The molecule has 18 heavy (non-hydrogen) atoms. The summed E-state index contributed by atoms with van der Waals surface area (Å²) in [5, 5.41) is 8.89. The summed E-state index contributed by atoms with van der Waals surface area (Å²) in [6.07, 6.45) is 0.602. The van der Waals surface area contributed by atoms with E-state index in [0.29, 0.717) is 18.7 Å².